The summed E-state index contributed by atoms with van der Waals surface area (Å²) in [6, 6.07) is 0.213. The third kappa shape index (κ3) is 6.36. The van der Waals surface area contributed by atoms with E-state index in [1.54, 1.807) is 0 Å². The number of nitrogens with zero attached hydrogens (tertiary/aromatic N) is 1. The van der Waals surface area contributed by atoms with E-state index in [0.29, 0.717) is 30.4 Å². The normalized spacial score (nSPS) is 23.4. The summed E-state index contributed by atoms with van der Waals surface area (Å²) in [5.74, 6) is 1.14. The van der Waals surface area contributed by atoms with Crippen LogP contribution in [0.3, 0.4) is 0 Å². The quantitative estimate of drug-likeness (QED) is 0.803. The molecule has 2 unspecified atom stereocenters. The van der Waals surface area contributed by atoms with Crippen molar-refractivity contribution in [3.05, 3.63) is 0 Å². The van der Waals surface area contributed by atoms with Crippen LogP contribution in [0.4, 0.5) is 0 Å². The number of hydrogen-bond acceptors (Lipinski definition) is 4. The fourth-order valence-corrected chi connectivity index (χ4v) is 3.77. The Balaban J connectivity index is 0.00000289. The number of halogens is 1. The molecule has 1 saturated heterocycles. The van der Waals surface area contributed by atoms with Gasteiger partial charge in [0, 0.05) is 24.9 Å². The first-order valence-electron chi connectivity index (χ1n) is 6.63. The Labute approximate surface area is 118 Å². The molecule has 1 heterocycles. The lowest BCUT2D eigenvalue weighted by molar-refractivity contribution is 0.169. The minimum Gasteiger partial charge on any atom is -0.328 e. The van der Waals surface area contributed by atoms with Crippen LogP contribution in [0.5, 0.6) is 0 Å². The lowest BCUT2D eigenvalue weighted by Gasteiger charge is -2.34. The Bertz CT molecular complexity index is 320. The number of piperidine rings is 1. The average Bonchev–Trinajstić information content (AvgIpc) is 2.27. The van der Waals surface area contributed by atoms with Crippen LogP contribution in [0.15, 0.2) is 0 Å². The zero-order valence-corrected chi connectivity index (χ0v) is 13.1. The molecule has 0 radical (unpaired) electrons. The minimum atomic E-state index is -2.84. The van der Waals surface area contributed by atoms with Gasteiger partial charge in [0.05, 0.1) is 5.75 Å². The molecule has 2 atom stereocenters. The van der Waals surface area contributed by atoms with Gasteiger partial charge in [-0.1, -0.05) is 6.92 Å². The Hall–Kier alpha value is 0.160. The molecule has 0 bridgehead atoms. The first-order valence-corrected chi connectivity index (χ1v) is 8.45. The highest BCUT2D eigenvalue weighted by molar-refractivity contribution is 7.91. The van der Waals surface area contributed by atoms with E-state index in [9.17, 15) is 8.42 Å². The van der Waals surface area contributed by atoms with Gasteiger partial charge in [0.25, 0.3) is 0 Å². The Kier molecular flexibility index (Phi) is 8.43. The molecule has 1 fully saturated rings. The highest BCUT2D eigenvalue weighted by Crippen LogP contribution is 2.18. The fraction of sp³-hybridized carbons (Fsp3) is 1.00. The highest BCUT2D eigenvalue weighted by atomic mass is 35.5. The molecule has 1 aliphatic rings. The van der Waals surface area contributed by atoms with Gasteiger partial charge in [-0.15, -0.1) is 12.4 Å². The van der Waals surface area contributed by atoms with Crippen LogP contribution in [-0.2, 0) is 9.84 Å². The van der Waals surface area contributed by atoms with Crippen molar-refractivity contribution in [2.75, 3.05) is 31.1 Å². The molecule has 0 aromatic carbocycles. The maximum atomic E-state index is 11.6. The van der Waals surface area contributed by atoms with Crippen LogP contribution < -0.4 is 5.73 Å². The lowest BCUT2D eigenvalue weighted by atomic mass is 9.92. The summed E-state index contributed by atoms with van der Waals surface area (Å²) in [4.78, 5) is 2.25. The molecule has 0 aromatic heterocycles. The minimum absolute atomic E-state index is 0. The van der Waals surface area contributed by atoms with Crippen LogP contribution in [0.1, 0.15) is 33.1 Å². The molecular formula is C12H27ClN2O2S. The Morgan fingerprint density at radius 2 is 2.06 bits per heavy atom. The van der Waals surface area contributed by atoms with Crippen molar-refractivity contribution in [1.82, 2.24) is 4.90 Å². The van der Waals surface area contributed by atoms with E-state index >= 15 is 0 Å². The molecule has 1 aliphatic heterocycles. The van der Waals surface area contributed by atoms with E-state index in [-0.39, 0.29) is 18.4 Å². The zero-order valence-electron chi connectivity index (χ0n) is 11.5. The van der Waals surface area contributed by atoms with E-state index < -0.39 is 9.84 Å². The lowest BCUT2D eigenvalue weighted by Crippen LogP contribution is -2.43. The van der Waals surface area contributed by atoms with Crippen LogP contribution in [-0.4, -0.2) is 50.5 Å². The van der Waals surface area contributed by atoms with Crippen molar-refractivity contribution in [3.8, 4) is 0 Å². The molecule has 6 heteroatoms. The van der Waals surface area contributed by atoms with Gasteiger partial charge in [-0.3, -0.25) is 0 Å². The molecule has 2 N–H and O–H groups in total. The predicted molar refractivity (Wildman–Crippen MR) is 79.0 cm³/mol. The van der Waals surface area contributed by atoms with Crippen molar-refractivity contribution < 1.29 is 8.42 Å². The second-order valence-corrected chi connectivity index (χ2v) is 7.52. The fourth-order valence-electron chi connectivity index (χ4n) is 2.40. The molecule has 1 rings (SSSR count). The smallest absolute Gasteiger partial charge is 0.151 e. The number of likely N-dealkylation sites (tertiary alicyclic amines) is 1. The van der Waals surface area contributed by atoms with Crippen molar-refractivity contribution in [3.63, 3.8) is 0 Å². The number of sulfone groups is 1. The van der Waals surface area contributed by atoms with Gasteiger partial charge in [0.1, 0.15) is 0 Å². The molecule has 0 saturated carbocycles. The summed E-state index contributed by atoms with van der Waals surface area (Å²) in [6.07, 6.45) is 3.03. The topological polar surface area (TPSA) is 63.4 Å². The standard InChI is InChI=1S/C12H26N2O2S.ClH/c1-3-8-17(15,16)9-7-14-6-4-5-12(10-14)11(2)13;/h11-12H,3-10,13H2,1-2H3;1H. The van der Waals surface area contributed by atoms with E-state index in [1.807, 2.05) is 13.8 Å². The Morgan fingerprint density at radius 3 is 2.61 bits per heavy atom. The summed E-state index contributed by atoms with van der Waals surface area (Å²) in [5.41, 5.74) is 5.91. The molecule has 18 heavy (non-hydrogen) atoms. The van der Waals surface area contributed by atoms with Crippen molar-refractivity contribution in [1.29, 1.82) is 0 Å². The number of nitrogens with two attached hydrogens (primary N) is 1. The Morgan fingerprint density at radius 1 is 1.39 bits per heavy atom. The summed E-state index contributed by atoms with van der Waals surface area (Å²) in [7, 11) is -2.84. The van der Waals surface area contributed by atoms with Gasteiger partial charge in [-0.2, -0.15) is 0 Å². The van der Waals surface area contributed by atoms with E-state index in [0.717, 1.165) is 19.5 Å². The molecule has 0 aliphatic carbocycles. The van der Waals surface area contributed by atoms with Crippen LogP contribution in [0.2, 0.25) is 0 Å². The molecule has 0 spiro atoms. The van der Waals surface area contributed by atoms with Gasteiger partial charge in [-0.05, 0) is 38.6 Å². The van der Waals surface area contributed by atoms with E-state index in [4.69, 9.17) is 5.73 Å². The van der Waals surface area contributed by atoms with Crippen molar-refractivity contribution >= 4 is 22.2 Å². The summed E-state index contributed by atoms with van der Waals surface area (Å²) < 4.78 is 23.3. The van der Waals surface area contributed by atoms with Crippen LogP contribution >= 0.6 is 12.4 Å². The number of hydrogen-bond donors (Lipinski definition) is 1. The molecule has 4 nitrogen and oxygen atoms in total. The molecule has 110 valence electrons. The first-order chi connectivity index (χ1) is 7.94. The highest BCUT2D eigenvalue weighted by Gasteiger charge is 2.23. The maximum absolute atomic E-state index is 11.6. The summed E-state index contributed by atoms with van der Waals surface area (Å²) in [6.45, 7) is 6.60. The van der Waals surface area contributed by atoms with Crippen LogP contribution in [0.25, 0.3) is 0 Å². The SMILES string of the molecule is CCCS(=O)(=O)CCN1CCCC(C(C)N)C1.Cl. The second kappa shape index (κ2) is 8.35. The van der Waals surface area contributed by atoms with Crippen molar-refractivity contribution in [2.24, 2.45) is 11.7 Å². The van der Waals surface area contributed by atoms with Gasteiger partial charge >= 0.3 is 0 Å². The number of rotatable bonds is 6. The molecule has 0 aromatic rings. The van der Waals surface area contributed by atoms with Gasteiger partial charge < -0.3 is 10.6 Å². The average molecular weight is 299 g/mol. The van der Waals surface area contributed by atoms with Gasteiger partial charge in [-0.25, -0.2) is 8.42 Å². The predicted octanol–water partition coefficient (Wildman–Crippen LogP) is 1.29. The van der Waals surface area contributed by atoms with Gasteiger partial charge in [0.15, 0.2) is 9.84 Å². The third-order valence-electron chi connectivity index (χ3n) is 3.52. The monoisotopic (exact) mass is 298 g/mol. The molecule has 0 amide bonds. The van der Waals surface area contributed by atoms with Gasteiger partial charge in [0.2, 0.25) is 0 Å². The molecular weight excluding hydrogens is 272 g/mol. The van der Waals surface area contributed by atoms with E-state index in [2.05, 4.69) is 4.90 Å². The summed E-state index contributed by atoms with van der Waals surface area (Å²) >= 11 is 0. The third-order valence-corrected chi connectivity index (χ3v) is 5.35. The van der Waals surface area contributed by atoms with Crippen LogP contribution in [0, 0.1) is 5.92 Å². The van der Waals surface area contributed by atoms with Crippen molar-refractivity contribution in [2.45, 2.75) is 39.2 Å². The largest absolute Gasteiger partial charge is 0.328 e. The zero-order chi connectivity index (χ0) is 12.9. The maximum Gasteiger partial charge on any atom is 0.151 e. The van der Waals surface area contributed by atoms with E-state index in [1.165, 1.54) is 6.42 Å². The second-order valence-electron chi connectivity index (χ2n) is 5.21. The summed E-state index contributed by atoms with van der Waals surface area (Å²) in [5, 5.41) is 0. The first kappa shape index (κ1) is 18.2.